The Labute approximate surface area is 161 Å². The average molecular weight is 386 g/mol. The normalized spacial score (nSPS) is 10.9. The summed E-state index contributed by atoms with van der Waals surface area (Å²) in [5.74, 6) is -0.225. The van der Waals surface area contributed by atoms with E-state index in [4.69, 9.17) is 23.0 Å². The first kappa shape index (κ1) is 19.7. The standard InChI is InChI=1S/C21H22O7/c1-3-14-7-8-16-15(12-14)19(23)21(20(28-16)17-6-5-9-25-17)27-13-18(22)26-11-10-24-4-2/h5-9,12H,3-4,10-11,13H2,1-2H3. The van der Waals surface area contributed by atoms with Crippen LogP contribution in [0.1, 0.15) is 19.4 Å². The molecule has 3 rings (SSSR count). The Kier molecular flexibility index (Phi) is 6.49. The van der Waals surface area contributed by atoms with Crippen LogP contribution in [0.4, 0.5) is 0 Å². The van der Waals surface area contributed by atoms with Crippen LogP contribution < -0.4 is 10.2 Å². The molecule has 0 atom stereocenters. The maximum absolute atomic E-state index is 13.0. The third kappa shape index (κ3) is 4.43. The lowest BCUT2D eigenvalue weighted by atomic mass is 10.1. The summed E-state index contributed by atoms with van der Waals surface area (Å²) >= 11 is 0. The first-order chi connectivity index (χ1) is 13.6. The SMILES string of the molecule is CCOCCOC(=O)COc1c(-c2ccco2)oc2ccc(CC)cc2c1=O. The van der Waals surface area contributed by atoms with Crippen LogP contribution in [0.5, 0.6) is 5.75 Å². The van der Waals surface area contributed by atoms with Gasteiger partial charge in [0.05, 0.1) is 18.3 Å². The van der Waals surface area contributed by atoms with Gasteiger partial charge in [-0.2, -0.15) is 0 Å². The summed E-state index contributed by atoms with van der Waals surface area (Å²) in [5, 5.41) is 0.384. The lowest BCUT2D eigenvalue weighted by Crippen LogP contribution is -2.20. The number of rotatable bonds is 9. The highest BCUT2D eigenvalue weighted by Crippen LogP contribution is 2.31. The fourth-order valence-corrected chi connectivity index (χ4v) is 2.68. The van der Waals surface area contributed by atoms with Gasteiger partial charge in [-0.15, -0.1) is 0 Å². The number of carbonyl (C=O) groups is 1. The van der Waals surface area contributed by atoms with Gasteiger partial charge in [-0.1, -0.05) is 13.0 Å². The van der Waals surface area contributed by atoms with Crippen molar-refractivity contribution in [3.63, 3.8) is 0 Å². The van der Waals surface area contributed by atoms with Crippen molar-refractivity contribution in [1.29, 1.82) is 0 Å². The fraction of sp³-hybridized carbons (Fsp3) is 0.333. The monoisotopic (exact) mass is 386 g/mol. The third-order valence-corrected chi connectivity index (χ3v) is 4.10. The van der Waals surface area contributed by atoms with E-state index in [9.17, 15) is 9.59 Å². The van der Waals surface area contributed by atoms with E-state index in [1.54, 1.807) is 24.3 Å². The van der Waals surface area contributed by atoms with E-state index < -0.39 is 12.6 Å². The van der Waals surface area contributed by atoms with Crippen molar-refractivity contribution in [2.24, 2.45) is 0 Å². The fourth-order valence-electron chi connectivity index (χ4n) is 2.68. The van der Waals surface area contributed by atoms with Crippen molar-refractivity contribution < 1.29 is 27.8 Å². The zero-order valence-electron chi connectivity index (χ0n) is 15.9. The van der Waals surface area contributed by atoms with Gasteiger partial charge in [-0.25, -0.2) is 4.79 Å². The van der Waals surface area contributed by atoms with Crippen LogP contribution in [-0.4, -0.2) is 32.4 Å². The molecular formula is C21H22O7. The lowest BCUT2D eigenvalue weighted by molar-refractivity contribution is -0.147. The zero-order chi connectivity index (χ0) is 19.9. The molecule has 2 heterocycles. The van der Waals surface area contributed by atoms with E-state index in [0.29, 0.717) is 29.9 Å². The van der Waals surface area contributed by atoms with E-state index in [1.807, 2.05) is 19.9 Å². The number of hydrogen-bond acceptors (Lipinski definition) is 7. The number of ether oxygens (including phenoxy) is 3. The maximum atomic E-state index is 13.0. The van der Waals surface area contributed by atoms with E-state index in [2.05, 4.69) is 0 Å². The van der Waals surface area contributed by atoms with Gasteiger partial charge in [0, 0.05) is 6.61 Å². The second-order valence-corrected chi connectivity index (χ2v) is 5.96. The van der Waals surface area contributed by atoms with Crippen LogP contribution in [0.25, 0.3) is 22.5 Å². The highest BCUT2D eigenvalue weighted by Gasteiger charge is 2.21. The zero-order valence-corrected chi connectivity index (χ0v) is 15.9. The Hall–Kier alpha value is -3.06. The molecule has 0 amide bonds. The summed E-state index contributed by atoms with van der Waals surface area (Å²) < 4.78 is 26.9. The van der Waals surface area contributed by atoms with E-state index in [-0.39, 0.29) is 23.5 Å². The molecule has 0 radical (unpaired) electrons. The van der Waals surface area contributed by atoms with E-state index in [0.717, 1.165) is 12.0 Å². The van der Waals surface area contributed by atoms with Crippen LogP contribution >= 0.6 is 0 Å². The Morgan fingerprint density at radius 1 is 1.14 bits per heavy atom. The molecule has 7 heteroatoms. The minimum atomic E-state index is -0.605. The second kappa shape index (κ2) is 9.23. The summed E-state index contributed by atoms with van der Waals surface area (Å²) in [6.07, 6.45) is 2.24. The molecule has 148 valence electrons. The molecular weight excluding hydrogens is 364 g/mol. The first-order valence-electron chi connectivity index (χ1n) is 9.13. The summed E-state index contributed by atoms with van der Waals surface area (Å²) in [6, 6.07) is 8.73. The Morgan fingerprint density at radius 3 is 2.71 bits per heavy atom. The Morgan fingerprint density at radius 2 is 2.00 bits per heavy atom. The van der Waals surface area contributed by atoms with Crippen LogP contribution in [0, 0.1) is 0 Å². The molecule has 0 aliphatic rings. The summed E-state index contributed by atoms with van der Waals surface area (Å²) in [5.41, 5.74) is 1.04. The quantitative estimate of drug-likeness (QED) is 0.410. The van der Waals surface area contributed by atoms with Crippen molar-refractivity contribution in [1.82, 2.24) is 0 Å². The van der Waals surface area contributed by atoms with Gasteiger partial charge >= 0.3 is 5.97 Å². The van der Waals surface area contributed by atoms with Crippen molar-refractivity contribution >= 4 is 16.9 Å². The number of hydrogen-bond donors (Lipinski definition) is 0. The molecule has 0 aliphatic carbocycles. The molecule has 2 aromatic heterocycles. The van der Waals surface area contributed by atoms with Gasteiger partial charge in [-0.3, -0.25) is 4.79 Å². The van der Waals surface area contributed by atoms with Crippen molar-refractivity contribution in [2.75, 3.05) is 26.4 Å². The number of furan rings is 1. The van der Waals surface area contributed by atoms with Crippen molar-refractivity contribution in [3.8, 4) is 17.3 Å². The van der Waals surface area contributed by atoms with Crippen LogP contribution in [0.15, 0.2) is 50.2 Å². The number of fused-ring (bicyclic) bond motifs is 1. The van der Waals surface area contributed by atoms with Crippen molar-refractivity contribution in [2.45, 2.75) is 20.3 Å². The minimum absolute atomic E-state index is 0.0857. The topological polar surface area (TPSA) is 88.1 Å². The summed E-state index contributed by atoms with van der Waals surface area (Å²) in [7, 11) is 0. The molecule has 0 bridgehead atoms. The van der Waals surface area contributed by atoms with Gasteiger partial charge < -0.3 is 23.0 Å². The number of carbonyl (C=O) groups excluding carboxylic acids is 1. The maximum Gasteiger partial charge on any atom is 0.344 e. The highest BCUT2D eigenvalue weighted by atomic mass is 16.6. The summed E-state index contributed by atoms with van der Waals surface area (Å²) in [6.45, 7) is 4.38. The molecule has 1 aromatic carbocycles. The third-order valence-electron chi connectivity index (χ3n) is 4.10. The molecule has 0 saturated carbocycles. The van der Waals surface area contributed by atoms with E-state index >= 15 is 0 Å². The number of aryl methyl sites for hydroxylation is 1. The van der Waals surface area contributed by atoms with Crippen LogP contribution in [0.3, 0.4) is 0 Å². The predicted octanol–water partition coefficient (Wildman–Crippen LogP) is 3.57. The van der Waals surface area contributed by atoms with Gasteiger partial charge in [-0.05, 0) is 43.2 Å². The smallest absolute Gasteiger partial charge is 0.344 e. The van der Waals surface area contributed by atoms with E-state index in [1.165, 1.54) is 6.26 Å². The van der Waals surface area contributed by atoms with Gasteiger partial charge in [0.15, 0.2) is 12.4 Å². The minimum Gasteiger partial charge on any atom is -0.474 e. The number of esters is 1. The van der Waals surface area contributed by atoms with Gasteiger partial charge in [0.1, 0.15) is 12.2 Å². The van der Waals surface area contributed by atoms with Crippen LogP contribution in [0.2, 0.25) is 0 Å². The molecule has 28 heavy (non-hydrogen) atoms. The Bertz CT molecular complexity index is 986. The number of benzene rings is 1. The Balaban J connectivity index is 1.90. The molecule has 0 aliphatic heterocycles. The molecule has 7 nitrogen and oxygen atoms in total. The molecule has 0 fully saturated rings. The predicted molar refractivity (Wildman–Crippen MR) is 103 cm³/mol. The van der Waals surface area contributed by atoms with Gasteiger partial charge in [0.25, 0.3) is 0 Å². The molecule has 0 unspecified atom stereocenters. The average Bonchev–Trinajstić information content (AvgIpc) is 3.25. The lowest BCUT2D eigenvalue weighted by Gasteiger charge is -2.11. The second-order valence-electron chi connectivity index (χ2n) is 5.96. The molecule has 0 spiro atoms. The highest BCUT2D eigenvalue weighted by molar-refractivity contribution is 5.82. The molecule has 0 N–H and O–H groups in total. The molecule has 0 saturated heterocycles. The first-order valence-corrected chi connectivity index (χ1v) is 9.13. The van der Waals surface area contributed by atoms with Crippen molar-refractivity contribution in [3.05, 3.63) is 52.4 Å². The molecule has 3 aromatic rings. The largest absolute Gasteiger partial charge is 0.474 e. The summed E-state index contributed by atoms with van der Waals surface area (Å²) in [4.78, 5) is 24.9. The van der Waals surface area contributed by atoms with Gasteiger partial charge in [0.2, 0.25) is 16.9 Å². The van der Waals surface area contributed by atoms with Crippen LogP contribution in [-0.2, 0) is 20.7 Å².